The topological polar surface area (TPSA) is 108 Å². The van der Waals surface area contributed by atoms with E-state index in [2.05, 4.69) is 0 Å². The van der Waals surface area contributed by atoms with Crippen molar-refractivity contribution in [3.8, 4) is 5.75 Å². The Balaban J connectivity index is 1.99. The molecule has 0 atom stereocenters. The molecule has 0 aromatic heterocycles. The lowest BCUT2D eigenvalue weighted by atomic mass is 10.2. The predicted octanol–water partition coefficient (Wildman–Crippen LogP) is 0.619. The molecule has 1 heterocycles. The molecule has 0 N–H and O–H groups in total. The molecule has 0 unspecified atom stereocenters. The number of amides is 1. The molecule has 0 saturated carbocycles. The van der Waals surface area contributed by atoms with Crippen molar-refractivity contribution in [2.45, 2.75) is 0 Å². The molecular formula is C14H16N2O7. The molecular weight excluding hydrogens is 308 g/mol. The number of carbonyl (C=O) groups is 2. The van der Waals surface area contributed by atoms with E-state index in [0.717, 1.165) is 6.07 Å². The van der Waals surface area contributed by atoms with Crippen LogP contribution in [0.3, 0.4) is 0 Å². The highest BCUT2D eigenvalue weighted by Crippen LogP contribution is 2.27. The van der Waals surface area contributed by atoms with E-state index in [9.17, 15) is 19.7 Å². The minimum atomic E-state index is -0.808. The van der Waals surface area contributed by atoms with E-state index in [1.165, 1.54) is 24.1 Å². The first-order valence-electron chi connectivity index (χ1n) is 6.88. The van der Waals surface area contributed by atoms with E-state index in [0.29, 0.717) is 26.3 Å². The molecule has 1 aliphatic rings. The van der Waals surface area contributed by atoms with Gasteiger partial charge in [0.2, 0.25) is 0 Å². The molecule has 124 valence electrons. The van der Waals surface area contributed by atoms with E-state index in [1.54, 1.807) is 0 Å². The third-order valence-corrected chi connectivity index (χ3v) is 3.30. The van der Waals surface area contributed by atoms with Crippen LogP contribution >= 0.6 is 0 Å². The average molecular weight is 324 g/mol. The third-order valence-electron chi connectivity index (χ3n) is 3.30. The lowest BCUT2D eigenvalue weighted by Gasteiger charge is -2.26. The number of esters is 1. The van der Waals surface area contributed by atoms with E-state index >= 15 is 0 Å². The third kappa shape index (κ3) is 4.16. The Labute approximate surface area is 131 Å². The molecule has 9 heteroatoms. The van der Waals surface area contributed by atoms with Gasteiger partial charge in [-0.05, 0) is 12.1 Å². The zero-order valence-corrected chi connectivity index (χ0v) is 12.5. The molecule has 1 aliphatic heterocycles. The number of ether oxygens (including phenoxy) is 3. The van der Waals surface area contributed by atoms with Gasteiger partial charge in [0.05, 0.1) is 30.8 Å². The van der Waals surface area contributed by atoms with Crippen LogP contribution in [0.25, 0.3) is 0 Å². The van der Waals surface area contributed by atoms with Crippen molar-refractivity contribution in [3.05, 3.63) is 33.9 Å². The second-order valence-electron chi connectivity index (χ2n) is 4.71. The molecule has 0 bridgehead atoms. The number of hydrogen-bond donors (Lipinski definition) is 0. The summed E-state index contributed by atoms with van der Waals surface area (Å²) in [5.41, 5.74) is -0.367. The SMILES string of the molecule is COc1ccc(C(=O)OCC(=O)N2CCOCC2)cc1[N+](=O)[O-]. The Morgan fingerprint density at radius 1 is 1.35 bits per heavy atom. The van der Waals surface area contributed by atoms with Crippen LogP contribution in [-0.4, -0.2) is 61.7 Å². The maximum atomic E-state index is 11.9. The summed E-state index contributed by atoms with van der Waals surface area (Å²) in [6, 6.07) is 3.70. The Morgan fingerprint density at radius 3 is 2.65 bits per heavy atom. The number of morpholine rings is 1. The van der Waals surface area contributed by atoms with Crippen molar-refractivity contribution >= 4 is 17.6 Å². The highest BCUT2D eigenvalue weighted by atomic mass is 16.6. The van der Waals surface area contributed by atoms with Crippen LogP contribution in [0.5, 0.6) is 5.75 Å². The first-order chi connectivity index (χ1) is 11.0. The summed E-state index contributed by atoms with van der Waals surface area (Å²) >= 11 is 0. The molecule has 1 aromatic rings. The van der Waals surface area contributed by atoms with E-state index < -0.39 is 17.5 Å². The lowest BCUT2D eigenvalue weighted by Crippen LogP contribution is -2.42. The van der Waals surface area contributed by atoms with Gasteiger partial charge in [0.15, 0.2) is 12.4 Å². The van der Waals surface area contributed by atoms with Crippen molar-refractivity contribution in [3.63, 3.8) is 0 Å². The highest BCUT2D eigenvalue weighted by Gasteiger charge is 2.21. The number of nitro groups is 1. The first kappa shape index (κ1) is 16.7. The van der Waals surface area contributed by atoms with Crippen LogP contribution in [-0.2, 0) is 14.3 Å². The molecule has 1 fully saturated rings. The summed E-state index contributed by atoms with van der Waals surface area (Å²) < 4.78 is 14.9. The van der Waals surface area contributed by atoms with E-state index in [-0.39, 0.29) is 22.9 Å². The fourth-order valence-corrected chi connectivity index (χ4v) is 2.07. The predicted molar refractivity (Wildman–Crippen MR) is 77.3 cm³/mol. The molecule has 0 aliphatic carbocycles. The van der Waals surface area contributed by atoms with Crippen molar-refractivity contribution in [2.75, 3.05) is 40.0 Å². The average Bonchev–Trinajstić information content (AvgIpc) is 2.59. The largest absolute Gasteiger partial charge is 0.490 e. The van der Waals surface area contributed by atoms with Gasteiger partial charge in [-0.25, -0.2) is 4.79 Å². The Bertz CT molecular complexity index is 611. The van der Waals surface area contributed by atoms with Gasteiger partial charge >= 0.3 is 11.7 Å². The molecule has 1 saturated heterocycles. The number of carbonyl (C=O) groups excluding carboxylic acids is 2. The second kappa shape index (κ2) is 7.54. The summed E-state index contributed by atoms with van der Waals surface area (Å²) in [6.45, 7) is 1.38. The zero-order chi connectivity index (χ0) is 16.8. The summed E-state index contributed by atoms with van der Waals surface area (Å²) in [6.07, 6.45) is 0. The van der Waals surface area contributed by atoms with E-state index in [4.69, 9.17) is 14.2 Å². The number of nitrogens with zero attached hydrogens (tertiary/aromatic N) is 2. The van der Waals surface area contributed by atoms with Gasteiger partial charge in [-0.1, -0.05) is 0 Å². The fourth-order valence-electron chi connectivity index (χ4n) is 2.07. The highest BCUT2D eigenvalue weighted by molar-refractivity contribution is 5.92. The van der Waals surface area contributed by atoms with Crippen molar-refractivity contribution in [1.29, 1.82) is 0 Å². The summed E-state index contributed by atoms with van der Waals surface area (Å²) in [4.78, 5) is 35.6. The standard InChI is InChI=1S/C14H16N2O7/c1-21-12-3-2-10(8-11(12)16(19)20)14(18)23-9-13(17)15-4-6-22-7-5-15/h2-3,8H,4-7,9H2,1H3. The molecule has 1 amide bonds. The normalized spacial score (nSPS) is 14.2. The van der Waals surface area contributed by atoms with Crippen molar-refractivity contribution < 1.29 is 28.7 Å². The molecule has 1 aromatic carbocycles. The Kier molecular flexibility index (Phi) is 5.47. The summed E-state index contributed by atoms with van der Waals surface area (Å²) in [7, 11) is 1.29. The number of hydrogen-bond acceptors (Lipinski definition) is 7. The van der Waals surface area contributed by atoms with E-state index in [1.807, 2.05) is 0 Å². The maximum Gasteiger partial charge on any atom is 0.338 e. The Morgan fingerprint density at radius 2 is 2.04 bits per heavy atom. The van der Waals surface area contributed by atoms with Crippen LogP contribution < -0.4 is 4.74 Å². The maximum absolute atomic E-state index is 11.9. The van der Waals surface area contributed by atoms with Gasteiger partial charge in [-0.3, -0.25) is 14.9 Å². The molecule has 9 nitrogen and oxygen atoms in total. The minimum Gasteiger partial charge on any atom is -0.490 e. The van der Waals surface area contributed by atoms with Gasteiger partial charge < -0.3 is 19.1 Å². The smallest absolute Gasteiger partial charge is 0.338 e. The lowest BCUT2D eigenvalue weighted by molar-refractivity contribution is -0.385. The van der Waals surface area contributed by atoms with Gasteiger partial charge in [0.1, 0.15) is 0 Å². The van der Waals surface area contributed by atoms with Crippen LogP contribution in [0.15, 0.2) is 18.2 Å². The van der Waals surface area contributed by atoms with Crippen molar-refractivity contribution in [1.82, 2.24) is 4.90 Å². The van der Waals surface area contributed by atoms with Gasteiger partial charge in [0.25, 0.3) is 5.91 Å². The van der Waals surface area contributed by atoms with Crippen LogP contribution in [0.2, 0.25) is 0 Å². The first-order valence-corrected chi connectivity index (χ1v) is 6.88. The molecule has 23 heavy (non-hydrogen) atoms. The van der Waals surface area contributed by atoms with Crippen LogP contribution in [0.1, 0.15) is 10.4 Å². The molecule has 0 radical (unpaired) electrons. The summed E-state index contributed by atoms with van der Waals surface area (Å²) in [5, 5.41) is 10.9. The summed E-state index contributed by atoms with van der Waals surface area (Å²) in [5.74, 6) is -1.10. The van der Waals surface area contributed by atoms with Crippen molar-refractivity contribution in [2.24, 2.45) is 0 Å². The van der Waals surface area contributed by atoms with Gasteiger partial charge in [0, 0.05) is 19.2 Å². The molecule has 0 spiro atoms. The molecule has 2 rings (SSSR count). The number of benzene rings is 1. The number of rotatable bonds is 5. The minimum absolute atomic E-state index is 0.0210. The van der Waals surface area contributed by atoms with Gasteiger partial charge in [-0.2, -0.15) is 0 Å². The number of methoxy groups -OCH3 is 1. The second-order valence-corrected chi connectivity index (χ2v) is 4.71. The van der Waals surface area contributed by atoms with Crippen LogP contribution in [0, 0.1) is 10.1 Å². The Hall–Kier alpha value is -2.68. The number of nitro benzene ring substituents is 1. The fraction of sp³-hybridized carbons (Fsp3) is 0.429. The zero-order valence-electron chi connectivity index (χ0n) is 12.5. The van der Waals surface area contributed by atoms with Crippen LogP contribution in [0.4, 0.5) is 5.69 Å². The van der Waals surface area contributed by atoms with Gasteiger partial charge in [-0.15, -0.1) is 0 Å². The monoisotopic (exact) mass is 324 g/mol. The quantitative estimate of drug-likeness (QED) is 0.444.